The van der Waals surface area contributed by atoms with E-state index in [4.69, 9.17) is 20.2 Å². The van der Waals surface area contributed by atoms with Crippen LogP contribution < -0.4 is 25.8 Å². The highest BCUT2D eigenvalue weighted by atomic mass is 16.5. The van der Waals surface area contributed by atoms with Gasteiger partial charge in [-0.2, -0.15) is 0 Å². The predicted molar refractivity (Wildman–Crippen MR) is 134 cm³/mol. The normalized spacial score (nSPS) is 27.4. The molecule has 1 heterocycles. The Labute approximate surface area is 198 Å². The highest BCUT2D eigenvalue weighted by Crippen LogP contribution is 2.37. The van der Waals surface area contributed by atoms with E-state index < -0.39 is 5.79 Å². The topological polar surface area (TPSA) is 84.1 Å². The van der Waals surface area contributed by atoms with Crippen molar-refractivity contribution in [3.63, 3.8) is 0 Å². The van der Waals surface area contributed by atoms with Crippen LogP contribution in [0.5, 0.6) is 11.5 Å². The van der Waals surface area contributed by atoms with Crippen LogP contribution in [-0.4, -0.2) is 57.4 Å². The Balaban J connectivity index is 1.31. The summed E-state index contributed by atoms with van der Waals surface area (Å²) < 4.78 is 10.8. The Hall–Kier alpha value is -2.25. The number of hydrogen-bond donors (Lipinski definition) is 3. The molecule has 33 heavy (non-hydrogen) atoms. The summed E-state index contributed by atoms with van der Waals surface area (Å²) in [7, 11) is 7.56. The molecule has 0 saturated heterocycles. The molecular formula is C26H41N5O2. The molecule has 1 aliphatic heterocycles. The first-order chi connectivity index (χ1) is 15.9. The fourth-order valence-corrected chi connectivity index (χ4v) is 5.53. The quantitative estimate of drug-likeness (QED) is 0.584. The SMILES string of the molecule is COc1cc(CCNC2CCC(C3(N)N=C(N(C)C)C4=C(CCCC4)N3)CC2)cc(OC)c1. The van der Waals surface area contributed by atoms with E-state index in [0.717, 1.165) is 68.8 Å². The van der Waals surface area contributed by atoms with Gasteiger partial charge in [-0.1, -0.05) is 0 Å². The molecule has 1 aromatic carbocycles. The second kappa shape index (κ2) is 10.3. The molecule has 0 radical (unpaired) electrons. The molecule has 182 valence electrons. The van der Waals surface area contributed by atoms with E-state index in [2.05, 4.69) is 41.8 Å². The summed E-state index contributed by atoms with van der Waals surface area (Å²) in [6.45, 7) is 0.941. The van der Waals surface area contributed by atoms with Gasteiger partial charge in [0, 0.05) is 43.4 Å². The predicted octanol–water partition coefficient (Wildman–Crippen LogP) is 3.40. The number of allylic oxidation sites excluding steroid dienone is 1. The molecule has 1 saturated carbocycles. The van der Waals surface area contributed by atoms with E-state index in [1.807, 2.05) is 6.07 Å². The number of likely N-dealkylation sites (N-methyl/N-ethyl adjacent to an activating group) is 1. The van der Waals surface area contributed by atoms with Gasteiger partial charge in [-0.15, -0.1) is 0 Å². The molecule has 1 fully saturated rings. The van der Waals surface area contributed by atoms with Crippen molar-refractivity contribution in [2.24, 2.45) is 16.6 Å². The summed E-state index contributed by atoms with van der Waals surface area (Å²) in [6.07, 6.45) is 10.0. The van der Waals surface area contributed by atoms with Gasteiger partial charge in [0.05, 0.1) is 14.2 Å². The maximum atomic E-state index is 6.94. The molecule has 0 amide bonds. The highest BCUT2D eigenvalue weighted by Gasteiger charge is 2.42. The van der Waals surface area contributed by atoms with Crippen molar-refractivity contribution in [1.82, 2.24) is 15.5 Å². The van der Waals surface area contributed by atoms with Gasteiger partial charge in [0.2, 0.25) is 0 Å². The first-order valence-electron chi connectivity index (χ1n) is 12.4. The number of hydrogen-bond acceptors (Lipinski definition) is 7. The molecule has 3 aliphatic rings. The number of aliphatic imine (C=N–C) groups is 1. The second-order valence-corrected chi connectivity index (χ2v) is 9.92. The van der Waals surface area contributed by atoms with Crippen LogP contribution in [0.2, 0.25) is 0 Å². The average molecular weight is 456 g/mol. The van der Waals surface area contributed by atoms with Gasteiger partial charge >= 0.3 is 0 Å². The van der Waals surface area contributed by atoms with Gasteiger partial charge < -0.3 is 25.0 Å². The lowest BCUT2D eigenvalue weighted by Crippen LogP contribution is -2.61. The lowest BCUT2D eigenvalue weighted by atomic mass is 9.80. The average Bonchev–Trinajstić information content (AvgIpc) is 2.83. The number of nitrogens with one attached hydrogen (secondary N) is 2. The molecule has 0 spiro atoms. The third kappa shape index (κ3) is 5.46. The molecule has 1 aromatic rings. The van der Waals surface area contributed by atoms with Crippen LogP contribution in [-0.2, 0) is 6.42 Å². The van der Waals surface area contributed by atoms with Gasteiger partial charge in [0.1, 0.15) is 17.3 Å². The number of methoxy groups -OCH3 is 2. The third-order valence-electron chi connectivity index (χ3n) is 7.41. The van der Waals surface area contributed by atoms with Crippen molar-refractivity contribution >= 4 is 5.84 Å². The molecule has 4 rings (SSSR count). The maximum absolute atomic E-state index is 6.94. The highest BCUT2D eigenvalue weighted by molar-refractivity contribution is 5.99. The zero-order chi connectivity index (χ0) is 23.4. The van der Waals surface area contributed by atoms with Crippen LogP contribution in [0.1, 0.15) is 56.9 Å². The smallest absolute Gasteiger partial charge is 0.187 e. The number of ether oxygens (including phenoxy) is 2. The molecular weight excluding hydrogens is 414 g/mol. The third-order valence-corrected chi connectivity index (χ3v) is 7.41. The number of nitrogens with zero attached hydrogens (tertiary/aromatic N) is 2. The van der Waals surface area contributed by atoms with E-state index >= 15 is 0 Å². The Morgan fingerprint density at radius 1 is 1.06 bits per heavy atom. The van der Waals surface area contributed by atoms with Crippen LogP contribution in [0.15, 0.2) is 34.5 Å². The van der Waals surface area contributed by atoms with E-state index in [9.17, 15) is 0 Å². The molecule has 0 bridgehead atoms. The first kappa shape index (κ1) is 23.9. The standard InChI is InChI=1S/C26H41N5O2/c1-31(2)25-23-7-5-6-8-24(23)29-26(27,30-25)19-9-11-20(12-10-19)28-14-13-18-15-21(32-3)17-22(16-18)33-4/h15-17,19-20,28-29H,5-14,27H2,1-4H3. The summed E-state index contributed by atoms with van der Waals surface area (Å²) in [4.78, 5) is 7.23. The van der Waals surface area contributed by atoms with Crippen LogP contribution in [0, 0.1) is 5.92 Å². The minimum absolute atomic E-state index is 0.351. The van der Waals surface area contributed by atoms with Crippen molar-refractivity contribution < 1.29 is 9.47 Å². The van der Waals surface area contributed by atoms with Crippen molar-refractivity contribution in [2.75, 3.05) is 34.9 Å². The first-order valence-corrected chi connectivity index (χ1v) is 12.4. The molecule has 2 aliphatic carbocycles. The van der Waals surface area contributed by atoms with Crippen LogP contribution in [0.3, 0.4) is 0 Å². The van der Waals surface area contributed by atoms with Gasteiger partial charge in [-0.3, -0.25) is 5.73 Å². The molecule has 1 atom stereocenters. The largest absolute Gasteiger partial charge is 0.497 e. The van der Waals surface area contributed by atoms with Gasteiger partial charge in [0.25, 0.3) is 0 Å². The summed E-state index contributed by atoms with van der Waals surface area (Å²) in [5, 5.41) is 7.44. The van der Waals surface area contributed by atoms with Crippen molar-refractivity contribution in [1.29, 1.82) is 0 Å². The van der Waals surface area contributed by atoms with E-state index in [1.165, 1.54) is 29.7 Å². The van der Waals surface area contributed by atoms with Gasteiger partial charge in [-0.25, -0.2) is 4.99 Å². The summed E-state index contributed by atoms with van der Waals surface area (Å²) >= 11 is 0. The molecule has 7 heteroatoms. The molecule has 4 N–H and O–H groups in total. The lowest BCUT2D eigenvalue weighted by molar-refractivity contribution is 0.161. The zero-order valence-corrected chi connectivity index (χ0v) is 20.7. The summed E-state index contributed by atoms with van der Waals surface area (Å²) in [5.41, 5.74) is 10.9. The van der Waals surface area contributed by atoms with Gasteiger partial charge in [-0.05, 0) is 82.0 Å². The van der Waals surface area contributed by atoms with E-state index in [-0.39, 0.29) is 0 Å². The van der Waals surface area contributed by atoms with Gasteiger partial charge in [0.15, 0.2) is 5.79 Å². The maximum Gasteiger partial charge on any atom is 0.187 e. The van der Waals surface area contributed by atoms with Crippen LogP contribution >= 0.6 is 0 Å². The molecule has 0 aromatic heterocycles. The Morgan fingerprint density at radius 2 is 1.73 bits per heavy atom. The summed E-state index contributed by atoms with van der Waals surface area (Å²) in [5.74, 6) is 2.43. The molecule has 1 unspecified atom stereocenters. The van der Waals surface area contributed by atoms with Crippen LogP contribution in [0.25, 0.3) is 0 Å². The summed E-state index contributed by atoms with van der Waals surface area (Å²) in [6, 6.07) is 6.62. The zero-order valence-electron chi connectivity index (χ0n) is 20.7. The number of rotatable bonds is 7. The minimum atomic E-state index is -0.683. The Bertz CT molecular complexity index is 866. The van der Waals surface area contributed by atoms with Crippen molar-refractivity contribution in [3.8, 4) is 11.5 Å². The second-order valence-electron chi connectivity index (χ2n) is 9.92. The van der Waals surface area contributed by atoms with Crippen molar-refractivity contribution in [2.45, 2.75) is 69.6 Å². The van der Waals surface area contributed by atoms with Crippen molar-refractivity contribution in [3.05, 3.63) is 35.0 Å². The van der Waals surface area contributed by atoms with E-state index in [1.54, 1.807) is 14.2 Å². The molecule has 7 nitrogen and oxygen atoms in total. The Kier molecular flexibility index (Phi) is 7.49. The number of benzene rings is 1. The Morgan fingerprint density at radius 3 is 2.36 bits per heavy atom. The van der Waals surface area contributed by atoms with E-state index in [0.29, 0.717) is 12.0 Å². The minimum Gasteiger partial charge on any atom is -0.497 e. The lowest BCUT2D eigenvalue weighted by Gasteiger charge is -2.45. The number of nitrogens with two attached hydrogens (primary N) is 1. The number of amidine groups is 1. The monoisotopic (exact) mass is 455 g/mol. The fourth-order valence-electron chi connectivity index (χ4n) is 5.53. The van der Waals surface area contributed by atoms with Crippen LogP contribution in [0.4, 0.5) is 0 Å². The fraction of sp³-hybridized carbons (Fsp3) is 0.654.